The summed E-state index contributed by atoms with van der Waals surface area (Å²) in [6.07, 6.45) is 5.03. The van der Waals surface area contributed by atoms with Gasteiger partial charge in [0.25, 0.3) is 5.52 Å². The van der Waals surface area contributed by atoms with Crippen LogP contribution in [-0.4, -0.2) is 23.8 Å². The minimum atomic E-state index is -3.44. The molecule has 0 N–H and O–H groups in total. The number of rotatable bonds is 7. The van der Waals surface area contributed by atoms with Gasteiger partial charge >= 0.3 is 13.3 Å². The van der Waals surface area contributed by atoms with Gasteiger partial charge in [0, 0.05) is 23.2 Å². The maximum Gasteiger partial charge on any atom is 0.330 e. The van der Waals surface area contributed by atoms with E-state index < -0.39 is 12.9 Å². The van der Waals surface area contributed by atoms with E-state index in [1.165, 1.54) is 18.9 Å². The Morgan fingerprint density at radius 1 is 1.08 bits per heavy atom. The minimum absolute atomic E-state index is 0.0942. The molecule has 4 atom stereocenters. The van der Waals surface area contributed by atoms with Crippen LogP contribution in [0.2, 0.25) is 0 Å². The van der Waals surface area contributed by atoms with Crippen molar-refractivity contribution in [3.63, 3.8) is 0 Å². The van der Waals surface area contributed by atoms with Crippen LogP contribution in [0.4, 0.5) is 0 Å². The zero-order valence-corrected chi connectivity index (χ0v) is 24.2. The van der Waals surface area contributed by atoms with E-state index in [9.17, 15) is 14.2 Å². The van der Waals surface area contributed by atoms with E-state index in [2.05, 4.69) is 27.4 Å². The fourth-order valence-corrected chi connectivity index (χ4v) is 7.74. The van der Waals surface area contributed by atoms with Crippen LogP contribution in [0.25, 0.3) is 0 Å². The smallest absolute Gasteiger partial charge is 0.330 e. The van der Waals surface area contributed by atoms with Crippen molar-refractivity contribution < 1.29 is 23.4 Å². The highest BCUT2D eigenvalue weighted by Gasteiger charge is 2.62. The van der Waals surface area contributed by atoms with E-state index in [0.717, 1.165) is 23.1 Å². The predicted molar refractivity (Wildman–Crippen MR) is 150 cm³/mol. The number of para-hydroxylation sites is 1. The second-order valence-electron chi connectivity index (χ2n) is 11.2. The predicted octanol–water partition coefficient (Wildman–Crippen LogP) is 8.06. The van der Waals surface area contributed by atoms with Crippen molar-refractivity contribution in [2.75, 3.05) is 6.16 Å². The first kappa shape index (κ1) is 28.9. The van der Waals surface area contributed by atoms with Gasteiger partial charge in [0.2, 0.25) is 0 Å². The summed E-state index contributed by atoms with van der Waals surface area (Å²) in [7, 11) is -3.44. The normalized spacial score (nSPS) is 24.8. The van der Waals surface area contributed by atoms with E-state index in [0.29, 0.717) is 22.6 Å². The van der Waals surface area contributed by atoms with Gasteiger partial charge in [-0.3, -0.25) is 9.36 Å². The number of esters is 1. The highest BCUT2D eigenvalue weighted by molar-refractivity contribution is 7.77. The van der Waals surface area contributed by atoms with Crippen LogP contribution in [0, 0.1) is 37.5 Å². The van der Waals surface area contributed by atoms with E-state index >= 15 is 0 Å². The Morgan fingerprint density at radius 2 is 1.68 bits per heavy atom. The lowest BCUT2D eigenvalue weighted by Gasteiger charge is -2.38. The van der Waals surface area contributed by atoms with Crippen molar-refractivity contribution in [3.8, 4) is 5.75 Å². The molecule has 2 fully saturated rings. The number of hydrogen-bond acceptors (Lipinski definition) is 5. The van der Waals surface area contributed by atoms with Crippen LogP contribution >= 0.6 is 7.37 Å². The molecule has 2 bridgehead atoms. The van der Waals surface area contributed by atoms with E-state index in [4.69, 9.17) is 9.26 Å². The molecule has 6 heteroatoms. The van der Waals surface area contributed by atoms with Gasteiger partial charge in [0.1, 0.15) is 11.9 Å². The fourth-order valence-electron chi connectivity index (χ4n) is 6.09. The maximum absolute atomic E-state index is 13.1. The monoisotopic (exact) mass is 524 g/mol. The lowest BCUT2D eigenvalue weighted by Crippen LogP contribution is -2.38. The van der Waals surface area contributed by atoms with Gasteiger partial charge in [-0.05, 0) is 74.6 Å². The second kappa shape index (κ2) is 11.0. The number of fused-ring (bicyclic) bond motifs is 2. The average Bonchev–Trinajstić information content (AvgIpc) is 3.18. The summed E-state index contributed by atoms with van der Waals surface area (Å²) in [5, 5.41) is 0. The van der Waals surface area contributed by atoms with Gasteiger partial charge < -0.3 is 9.26 Å². The highest BCUT2D eigenvalue weighted by atomic mass is 31.2. The highest BCUT2D eigenvalue weighted by Crippen LogP contribution is 2.66. The van der Waals surface area contributed by atoms with E-state index in [1.807, 2.05) is 39.0 Å². The lowest BCUT2D eigenvalue weighted by molar-refractivity contribution is -0.150. The third-order valence-electron chi connectivity index (χ3n) is 8.75. The Balaban J connectivity index is 0.000000220. The number of carbonyl (C=O) groups is 2. The molecule has 2 aliphatic rings. The summed E-state index contributed by atoms with van der Waals surface area (Å²) >= 11 is 0. The molecule has 5 nitrogen and oxygen atoms in total. The van der Waals surface area contributed by atoms with Gasteiger partial charge in [-0.2, -0.15) is 0 Å². The molecule has 0 saturated heterocycles. The minimum Gasteiger partial charge on any atom is -0.459 e. The van der Waals surface area contributed by atoms with Crippen LogP contribution in [0.3, 0.4) is 0 Å². The molecule has 0 heterocycles. The van der Waals surface area contributed by atoms with E-state index in [-0.39, 0.29) is 23.7 Å². The van der Waals surface area contributed by atoms with Gasteiger partial charge in [-0.1, -0.05) is 70.2 Å². The molecule has 0 radical (unpaired) electrons. The SMILES string of the molecule is C=CC(=O)OC1C[C@H]2CC[C@@]1(C)C2(C)C.CCP(=O)(Oc1ccccc1)C(=O)c1c(C)cc(C)cc1C. The number of carbonyl (C=O) groups excluding carboxylic acids is 2. The van der Waals surface area contributed by atoms with E-state index in [1.54, 1.807) is 31.2 Å². The summed E-state index contributed by atoms with van der Waals surface area (Å²) < 4.78 is 24.2. The first-order valence-corrected chi connectivity index (χ1v) is 14.9. The Labute approximate surface area is 222 Å². The summed E-state index contributed by atoms with van der Waals surface area (Å²) in [5.74, 6) is 0.901. The topological polar surface area (TPSA) is 69.7 Å². The molecule has 2 saturated carbocycles. The van der Waals surface area contributed by atoms with Crippen LogP contribution in [-0.2, 0) is 14.1 Å². The van der Waals surface area contributed by atoms with Crippen molar-refractivity contribution >= 4 is 18.9 Å². The molecule has 0 aliphatic heterocycles. The lowest BCUT2D eigenvalue weighted by atomic mass is 9.70. The number of ether oxygens (including phenoxy) is 1. The molecule has 4 rings (SSSR count). The van der Waals surface area contributed by atoms with Gasteiger partial charge in [-0.15, -0.1) is 0 Å². The second-order valence-corrected chi connectivity index (χ2v) is 13.8. The molecule has 37 heavy (non-hydrogen) atoms. The largest absolute Gasteiger partial charge is 0.459 e. The quantitative estimate of drug-likeness (QED) is 0.208. The summed E-state index contributed by atoms with van der Waals surface area (Å²) in [4.78, 5) is 24.1. The number of aryl methyl sites for hydroxylation is 3. The maximum atomic E-state index is 13.1. The first-order chi connectivity index (χ1) is 17.3. The van der Waals surface area contributed by atoms with Crippen molar-refractivity contribution in [3.05, 3.63) is 77.4 Å². The molecule has 2 aromatic carbocycles. The standard InChI is InChI=1S/C18H21O3P.C13H20O2/c1-5-22(20,21-16-9-7-6-8-10-16)18(19)17-14(3)11-13(2)12-15(17)4;1-5-11(14)15-10-8-9-6-7-13(10,4)12(9,2)3/h6-12H,5H2,1-4H3;5,9-10H,1,6-8H2,2-4H3/t;9-,10?,13-/m.1/s1. The molecule has 200 valence electrons. The van der Waals surface area contributed by atoms with Crippen molar-refractivity contribution in [2.24, 2.45) is 16.7 Å². The first-order valence-electron chi connectivity index (χ1n) is 13.1. The van der Waals surface area contributed by atoms with Gasteiger partial charge in [-0.25, -0.2) is 4.79 Å². The van der Waals surface area contributed by atoms with Crippen LogP contribution in [0.1, 0.15) is 74.0 Å². The van der Waals surface area contributed by atoms with Crippen molar-refractivity contribution in [1.29, 1.82) is 0 Å². The van der Waals surface area contributed by atoms with Crippen LogP contribution in [0.5, 0.6) is 5.75 Å². The number of benzene rings is 2. The Kier molecular flexibility index (Phi) is 8.59. The summed E-state index contributed by atoms with van der Waals surface area (Å²) in [6.45, 7) is 17.8. The molecule has 0 aromatic heterocycles. The number of hydrogen-bond donors (Lipinski definition) is 0. The van der Waals surface area contributed by atoms with Crippen molar-refractivity contribution in [1.82, 2.24) is 0 Å². The molecule has 0 amide bonds. The average molecular weight is 525 g/mol. The zero-order chi connectivity index (χ0) is 27.6. The molecule has 2 aliphatic carbocycles. The molecular weight excluding hydrogens is 483 g/mol. The van der Waals surface area contributed by atoms with Gasteiger partial charge in [0.15, 0.2) is 0 Å². The zero-order valence-electron chi connectivity index (χ0n) is 23.3. The Morgan fingerprint density at radius 3 is 2.14 bits per heavy atom. The van der Waals surface area contributed by atoms with Crippen LogP contribution < -0.4 is 4.52 Å². The summed E-state index contributed by atoms with van der Waals surface area (Å²) in [5.41, 5.74) is 3.36. The molecule has 2 unspecified atom stereocenters. The van der Waals surface area contributed by atoms with Gasteiger partial charge in [0.05, 0.1) is 0 Å². The third kappa shape index (κ3) is 5.62. The fraction of sp³-hybridized carbons (Fsp3) is 0.484. The Bertz CT molecular complexity index is 1190. The molecule has 2 aromatic rings. The summed E-state index contributed by atoms with van der Waals surface area (Å²) in [6, 6.07) is 12.7. The van der Waals surface area contributed by atoms with Crippen LogP contribution in [0.15, 0.2) is 55.1 Å². The third-order valence-corrected chi connectivity index (χ3v) is 10.9. The van der Waals surface area contributed by atoms with Crippen molar-refractivity contribution in [2.45, 2.75) is 73.8 Å². The Hall–Kier alpha value is -2.65. The molecule has 0 spiro atoms. The molecular formula is C31H41O5P.